The first-order chi connectivity index (χ1) is 10.2. The third kappa shape index (κ3) is 8.53. The van der Waals surface area contributed by atoms with Crippen molar-refractivity contribution < 1.29 is 9.13 Å². The zero-order valence-electron chi connectivity index (χ0n) is 13.6. The molecule has 0 aliphatic rings. The maximum Gasteiger partial charge on any atom is 0.190 e. The van der Waals surface area contributed by atoms with E-state index in [1.54, 1.807) is 13.1 Å². The van der Waals surface area contributed by atoms with Crippen LogP contribution in [0, 0.1) is 12.7 Å². The standard InChI is InChI=1S/C16H26FN3O.HI/c1-4-21-11-5-9-19-16(18-3)20-10-8-14-6-7-15(17)12-13(14)2;/h6-7,12H,4-5,8-11H2,1-3H3,(H2,18,19,20);1H. The summed E-state index contributed by atoms with van der Waals surface area (Å²) in [5.41, 5.74) is 2.13. The van der Waals surface area contributed by atoms with E-state index < -0.39 is 0 Å². The summed E-state index contributed by atoms with van der Waals surface area (Å²) in [4.78, 5) is 4.17. The van der Waals surface area contributed by atoms with Crippen LogP contribution in [0.3, 0.4) is 0 Å². The van der Waals surface area contributed by atoms with Gasteiger partial charge in [-0.1, -0.05) is 6.07 Å². The molecule has 0 heterocycles. The van der Waals surface area contributed by atoms with Crippen molar-refractivity contribution in [1.82, 2.24) is 10.6 Å². The Hall–Kier alpha value is -0.890. The Kier molecular flexibility index (Phi) is 12.1. The van der Waals surface area contributed by atoms with Gasteiger partial charge in [0.15, 0.2) is 5.96 Å². The van der Waals surface area contributed by atoms with Gasteiger partial charge in [-0.15, -0.1) is 24.0 Å². The summed E-state index contributed by atoms with van der Waals surface area (Å²) in [5.74, 6) is 0.599. The Morgan fingerprint density at radius 3 is 2.64 bits per heavy atom. The molecule has 0 aromatic heterocycles. The van der Waals surface area contributed by atoms with Crippen LogP contribution in [0.1, 0.15) is 24.5 Å². The van der Waals surface area contributed by atoms with Gasteiger partial charge in [0.25, 0.3) is 0 Å². The van der Waals surface area contributed by atoms with Crippen molar-refractivity contribution in [2.24, 2.45) is 4.99 Å². The molecule has 0 saturated heterocycles. The molecular formula is C16H27FIN3O. The minimum atomic E-state index is -0.184. The Morgan fingerprint density at radius 2 is 2.00 bits per heavy atom. The lowest BCUT2D eigenvalue weighted by atomic mass is 10.1. The van der Waals surface area contributed by atoms with Gasteiger partial charge in [-0.25, -0.2) is 4.39 Å². The second-order valence-corrected chi connectivity index (χ2v) is 4.80. The molecule has 0 fully saturated rings. The molecule has 1 rings (SSSR count). The van der Waals surface area contributed by atoms with Gasteiger partial charge in [0.05, 0.1) is 0 Å². The molecule has 0 aliphatic carbocycles. The van der Waals surface area contributed by atoms with E-state index in [9.17, 15) is 4.39 Å². The van der Waals surface area contributed by atoms with Crippen LogP contribution in [0.15, 0.2) is 23.2 Å². The summed E-state index contributed by atoms with van der Waals surface area (Å²) < 4.78 is 18.3. The molecule has 126 valence electrons. The molecule has 22 heavy (non-hydrogen) atoms. The van der Waals surface area contributed by atoms with Crippen LogP contribution in [-0.2, 0) is 11.2 Å². The maximum atomic E-state index is 13.0. The summed E-state index contributed by atoms with van der Waals surface area (Å²) in [6.07, 6.45) is 1.79. The molecule has 1 aromatic rings. The van der Waals surface area contributed by atoms with E-state index in [0.29, 0.717) is 0 Å². The Bertz CT molecular complexity index is 455. The second kappa shape index (κ2) is 12.6. The summed E-state index contributed by atoms with van der Waals surface area (Å²) >= 11 is 0. The first kappa shape index (κ1) is 21.1. The Morgan fingerprint density at radius 1 is 1.27 bits per heavy atom. The van der Waals surface area contributed by atoms with E-state index in [-0.39, 0.29) is 29.8 Å². The van der Waals surface area contributed by atoms with Crippen molar-refractivity contribution in [2.75, 3.05) is 33.4 Å². The number of aliphatic imine (C=N–C) groups is 1. The van der Waals surface area contributed by atoms with E-state index in [0.717, 1.165) is 56.2 Å². The molecule has 0 bridgehead atoms. The smallest absolute Gasteiger partial charge is 0.190 e. The lowest BCUT2D eigenvalue weighted by Gasteiger charge is -2.12. The normalized spacial score (nSPS) is 11.0. The number of aryl methyl sites for hydroxylation is 1. The summed E-state index contributed by atoms with van der Waals surface area (Å²) in [6, 6.07) is 4.91. The van der Waals surface area contributed by atoms with Crippen LogP contribution in [0.25, 0.3) is 0 Å². The first-order valence-electron chi connectivity index (χ1n) is 7.44. The monoisotopic (exact) mass is 423 g/mol. The van der Waals surface area contributed by atoms with Gasteiger partial charge in [-0.05, 0) is 49.9 Å². The molecule has 0 atom stereocenters. The third-order valence-electron chi connectivity index (χ3n) is 3.18. The zero-order chi connectivity index (χ0) is 15.5. The number of ether oxygens (including phenoxy) is 1. The SMILES string of the molecule is CCOCCCNC(=NC)NCCc1ccc(F)cc1C.I. The number of hydrogen-bond acceptors (Lipinski definition) is 2. The predicted octanol–water partition coefficient (Wildman–Crippen LogP) is 2.89. The summed E-state index contributed by atoms with van der Waals surface area (Å²) in [7, 11) is 1.75. The van der Waals surface area contributed by atoms with Crippen molar-refractivity contribution in [3.8, 4) is 0 Å². The van der Waals surface area contributed by atoms with E-state index in [4.69, 9.17) is 4.74 Å². The highest BCUT2D eigenvalue weighted by molar-refractivity contribution is 14.0. The quantitative estimate of drug-likeness (QED) is 0.293. The minimum Gasteiger partial charge on any atom is -0.382 e. The fourth-order valence-corrected chi connectivity index (χ4v) is 2.00. The molecular weight excluding hydrogens is 396 g/mol. The topological polar surface area (TPSA) is 45.6 Å². The molecule has 1 aromatic carbocycles. The summed E-state index contributed by atoms with van der Waals surface area (Å²) in [5, 5.41) is 6.49. The average Bonchev–Trinajstić information content (AvgIpc) is 2.47. The Labute approximate surface area is 149 Å². The van der Waals surface area contributed by atoms with Gasteiger partial charge in [0, 0.05) is 33.4 Å². The maximum absolute atomic E-state index is 13.0. The van der Waals surface area contributed by atoms with Crippen molar-refractivity contribution in [3.05, 3.63) is 35.1 Å². The van der Waals surface area contributed by atoms with Gasteiger partial charge in [0.2, 0.25) is 0 Å². The highest BCUT2D eigenvalue weighted by Gasteiger charge is 2.01. The third-order valence-corrected chi connectivity index (χ3v) is 3.18. The van der Waals surface area contributed by atoms with E-state index in [1.165, 1.54) is 6.07 Å². The van der Waals surface area contributed by atoms with Crippen molar-refractivity contribution >= 4 is 29.9 Å². The molecule has 0 saturated carbocycles. The van der Waals surface area contributed by atoms with Crippen LogP contribution in [-0.4, -0.2) is 39.3 Å². The molecule has 4 nitrogen and oxygen atoms in total. The molecule has 0 amide bonds. The summed E-state index contributed by atoms with van der Waals surface area (Å²) in [6.45, 7) is 7.02. The van der Waals surface area contributed by atoms with Crippen LogP contribution in [0.4, 0.5) is 4.39 Å². The van der Waals surface area contributed by atoms with Crippen LogP contribution in [0.5, 0.6) is 0 Å². The predicted molar refractivity (Wildman–Crippen MR) is 101 cm³/mol. The largest absolute Gasteiger partial charge is 0.382 e. The Balaban J connectivity index is 0.00000441. The van der Waals surface area contributed by atoms with Gasteiger partial charge in [0.1, 0.15) is 5.82 Å². The zero-order valence-corrected chi connectivity index (χ0v) is 15.9. The number of rotatable bonds is 8. The number of hydrogen-bond donors (Lipinski definition) is 2. The molecule has 0 radical (unpaired) electrons. The van der Waals surface area contributed by atoms with Gasteiger partial charge < -0.3 is 15.4 Å². The van der Waals surface area contributed by atoms with Crippen LogP contribution in [0.2, 0.25) is 0 Å². The first-order valence-corrected chi connectivity index (χ1v) is 7.44. The second-order valence-electron chi connectivity index (χ2n) is 4.80. The number of halogens is 2. The van der Waals surface area contributed by atoms with Crippen molar-refractivity contribution in [2.45, 2.75) is 26.7 Å². The van der Waals surface area contributed by atoms with E-state index >= 15 is 0 Å². The van der Waals surface area contributed by atoms with Crippen LogP contribution < -0.4 is 10.6 Å². The number of guanidine groups is 1. The molecule has 0 spiro atoms. The highest BCUT2D eigenvalue weighted by Crippen LogP contribution is 2.10. The molecule has 0 unspecified atom stereocenters. The fourth-order valence-electron chi connectivity index (χ4n) is 2.00. The molecule has 0 aliphatic heterocycles. The number of nitrogens with zero attached hydrogens (tertiary/aromatic N) is 1. The van der Waals surface area contributed by atoms with Crippen molar-refractivity contribution in [3.63, 3.8) is 0 Å². The van der Waals surface area contributed by atoms with Gasteiger partial charge in [-0.2, -0.15) is 0 Å². The highest BCUT2D eigenvalue weighted by atomic mass is 127. The lowest BCUT2D eigenvalue weighted by molar-refractivity contribution is 0.145. The lowest BCUT2D eigenvalue weighted by Crippen LogP contribution is -2.39. The minimum absolute atomic E-state index is 0. The van der Waals surface area contributed by atoms with E-state index in [1.807, 2.05) is 19.9 Å². The van der Waals surface area contributed by atoms with Crippen LogP contribution >= 0.6 is 24.0 Å². The van der Waals surface area contributed by atoms with Crippen molar-refractivity contribution in [1.29, 1.82) is 0 Å². The van der Waals surface area contributed by atoms with Gasteiger partial charge in [-0.3, -0.25) is 4.99 Å². The molecule has 6 heteroatoms. The number of benzene rings is 1. The van der Waals surface area contributed by atoms with Gasteiger partial charge >= 0.3 is 0 Å². The fraction of sp³-hybridized carbons (Fsp3) is 0.562. The number of nitrogens with one attached hydrogen (secondary N) is 2. The average molecular weight is 423 g/mol. The molecule has 2 N–H and O–H groups in total. The van der Waals surface area contributed by atoms with E-state index in [2.05, 4.69) is 15.6 Å².